The van der Waals surface area contributed by atoms with E-state index in [9.17, 15) is 0 Å². The summed E-state index contributed by atoms with van der Waals surface area (Å²) in [6, 6.07) is 0. The minimum atomic E-state index is 0.140. The van der Waals surface area contributed by atoms with Crippen LogP contribution in [-0.4, -0.2) is 4.57 Å². The molecule has 3 nitrogen and oxygen atoms in total. The highest BCUT2D eigenvalue weighted by Gasteiger charge is 2.08. The van der Waals surface area contributed by atoms with Crippen LogP contribution in [0, 0.1) is 0 Å². The Kier molecular flexibility index (Phi) is 2.65. The number of hydrogen-bond donors (Lipinski definition) is 1. The maximum atomic E-state index is 5.87. The number of aryl methyl sites for hydroxylation is 1. The molecule has 1 aromatic heterocycles. The fourth-order valence-electron chi connectivity index (χ4n) is 1.11. The Morgan fingerprint density at radius 2 is 2.36 bits per heavy atom. The van der Waals surface area contributed by atoms with E-state index in [1.54, 1.807) is 0 Å². The molecule has 0 radical (unpaired) electrons. The Bertz CT molecular complexity index is 217. The second kappa shape index (κ2) is 3.53. The van der Waals surface area contributed by atoms with Crippen molar-refractivity contribution < 1.29 is 4.57 Å². The highest BCUT2D eigenvalue weighted by molar-refractivity contribution is 4.71. The number of nitrogens with two attached hydrogens (primary N) is 1. The van der Waals surface area contributed by atoms with Crippen molar-refractivity contribution in [3.8, 4) is 0 Å². The average molecular weight is 154 g/mol. The van der Waals surface area contributed by atoms with Crippen molar-refractivity contribution in [2.45, 2.75) is 25.9 Å². The van der Waals surface area contributed by atoms with Gasteiger partial charge in [0, 0.05) is 6.42 Å². The lowest BCUT2D eigenvalue weighted by Gasteiger charge is -2.04. The van der Waals surface area contributed by atoms with E-state index in [1.807, 2.05) is 34.9 Å². The molecule has 1 atom stereocenters. The van der Waals surface area contributed by atoms with Crippen LogP contribution in [0.5, 0.6) is 0 Å². The molecule has 62 valence electrons. The van der Waals surface area contributed by atoms with Crippen molar-refractivity contribution in [2.75, 3.05) is 0 Å². The topological polar surface area (TPSA) is 34.8 Å². The van der Waals surface area contributed by atoms with Crippen LogP contribution in [0.25, 0.3) is 0 Å². The summed E-state index contributed by atoms with van der Waals surface area (Å²) in [5.41, 5.74) is 5.87. The van der Waals surface area contributed by atoms with Crippen LogP contribution in [0.4, 0.5) is 0 Å². The van der Waals surface area contributed by atoms with E-state index in [1.165, 1.54) is 0 Å². The molecule has 2 N–H and O–H groups in total. The van der Waals surface area contributed by atoms with Crippen LogP contribution in [0.15, 0.2) is 18.7 Å². The third-order valence-electron chi connectivity index (χ3n) is 1.76. The summed E-state index contributed by atoms with van der Waals surface area (Å²) < 4.78 is 4.03. The molecule has 1 aromatic rings. The molecule has 0 aliphatic rings. The number of imidazole rings is 1. The van der Waals surface area contributed by atoms with Gasteiger partial charge in [-0.25, -0.2) is 9.13 Å². The van der Waals surface area contributed by atoms with Crippen LogP contribution < -0.4 is 10.3 Å². The highest BCUT2D eigenvalue weighted by Crippen LogP contribution is 2.04. The van der Waals surface area contributed by atoms with Gasteiger partial charge >= 0.3 is 0 Å². The summed E-state index contributed by atoms with van der Waals surface area (Å²) in [5.74, 6) is 0. The lowest BCUT2D eigenvalue weighted by molar-refractivity contribution is -0.671. The largest absolute Gasteiger partial charge is 0.293 e. The van der Waals surface area contributed by atoms with Gasteiger partial charge in [-0.3, -0.25) is 5.73 Å². The van der Waals surface area contributed by atoms with Gasteiger partial charge < -0.3 is 0 Å². The molecule has 0 aromatic carbocycles. The molecule has 1 heterocycles. The normalized spacial score (nSPS) is 13.4. The van der Waals surface area contributed by atoms with Crippen LogP contribution in [0.2, 0.25) is 0 Å². The summed E-state index contributed by atoms with van der Waals surface area (Å²) >= 11 is 0. The summed E-state index contributed by atoms with van der Waals surface area (Å²) in [5, 5.41) is 0. The smallest absolute Gasteiger partial charge is 0.244 e. The highest BCUT2D eigenvalue weighted by atomic mass is 15.2. The monoisotopic (exact) mass is 154 g/mol. The average Bonchev–Trinajstić information content (AvgIpc) is 2.36. The van der Waals surface area contributed by atoms with Gasteiger partial charge in [0.15, 0.2) is 6.17 Å². The third-order valence-corrected chi connectivity index (χ3v) is 1.76. The first-order valence-corrected chi connectivity index (χ1v) is 4.02. The van der Waals surface area contributed by atoms with E-state index in [-0.39, 0.29) is 6.17 Å². The van der Waals surface area contributed by atoms with Crippen molar-refractivity contribution in [1.29, 1.82) is 0 Å². The van der Waals surface area contributed by atoms with E-state index < -0.39 is 0 Å². The molecule has 0 bridgehead atoms. The molecule has 0 saturated heterocycles. The van der Waals surface area contributed by atoms with Gasteiger partial charge in [-0.15, -0.1) is 0 Å². The van der Waals surface area contributed by atoms with Crippen LogP contribution in [-0.2, 0) is 7.05 Å². The van der Waals surface area contributed by atoms with E-state index >= 15 is 0 Å². The Morgan fingerprint density at radius 3 is 2.82 bits per heavy atom. The number of nitrogens with zero attached hydrogens (tertiary/aromatic N) is 2. The first-order valence-electron chi connectivity index (χ1n) is 4.02. The second-order valence-corrected chi connectivity index (χ2v) is 2.88. The van der Waals surface area contributed by atoms with Crippen molar-refractivity contribution in [3.63, 3.8) is 0 Å². The molecule has 0 spiro atoms. The first kappa shape index (κ1) is 8.27. The Hall–Kier alpha value is -0.830. The Labute approximate surface area is 67.4 Å². The molecule has 1 rings (SSSR count). The number of aromatic nitrogens is 2. The molecular weight excluding hydrogens is 138 g/mol. The maximum absolute atomic E-state index is 5.87. The second-order valence-electron chi connectivity index (χ2n) is 2.88. The predicted octanol–water partition coefficient (Wildman–Crippen LogP) is 0.570. The van der Waals surface area contributed by atoms with E-state index in [4.69, 9.17) is 5.73 Å². The van der Waals surface area contributed by atoms with Crippen LogP contribution in [0.1, 0.15) is 25.9 Å². The van der Waals surface area contributed by atoms with Gasteiger partial charge in [0.2, 0.25) is 6.33 Å². The van der Waals surface area contributed by atoms with Crippen molar-refractivity contribution >= 4 is 0 Å². The molecule has 0 aliphatic carbocycles. The van der Waals surface area contributed by atoms with Crippen molar-refractivity contribution in [3.05, 3.63) is 18.7 Å². The van der Waals surface area contributed by atoms with Crippen LogP contribution in [0.3, 0.4) is 0 Å². The zero-order valence-electron chi connectivity index (χ0n) is 7.20. The van der Waals surface area contributed by atoms with Gasteiger partial charge in [-0.1, -0.05) is 13.3 Å². The van der Waals surface area contributed by atoms with Gasteiger partial charge in [-0.05, 0) is 0 Å². The zero-order chi connectivity index (χ0) is 8.27. The van der Waals surface area contributed by atoms with E-state index in [0.717, 1.165) is 12.8 Å². The van der Waals surface area contributed by atoms with Gasteiger partial charge in [0.05, 0.1) is 7.05 Å². The number of hydrogen-bond acceptors (Lipinski definition) is 1. The van der Waals surface area contributed by atoms with Gasteiger partial charge in [0.1, 0.15) is 12.4 Å². The van der Waals surface area contributed by atoms with Gasteiger partial charge in [-0.2, -0.15) is 0 Å². The minimum absolute atomic E-state index is 0.140. The summed E-state index contributed by atoms with van der Waals surface area (Å²) in [7, 11) is 2.00. The summed E-state index contributed by atoms with van der Waals surface area (Å²) in [6.07, 6.45) is 8.30. The molecule has 3 heteroatoms. The van der Waals surface area contributed by atoms with E-state index in [0.29, 0.717) is 0 Å². The molecule has 0 fully saturated rings. The standard InChI is InChI=1S/C8H16N3/c1-3-4-8(9)11-6-5-10(2)7-11/h5-8H,3-4,9H2,1-2H3/q+1. The first-order chi connectivity index (χ1) is 5.24. The van der Waals surface area contributed by atoms with E-state index in [2.05, 4.69) is 6.92 Å². The lowest BCUT2D eigenvalue weighted by Crippen LogP contribution is -2.26. The number of rotatable bonds is 3. The Balaban J connectivity index is 2.60. The minimum Gasteiger partial charge on any atom is -0.293 e. The summed E-state index contributed by atoms with van der Waals surface area (Å²) in [6.45, 7) is 2.14. The predicted molar refractivity (Wildman–Crippen MR) is 43.7 cm³/mol. The molecule has 1 unspecified atom stereocenters. The zero-order valence-corrected chi connectivity index (χ0v) is 7.20. The fourth-order valence-corrected chi connectivity index (χ4v) is 1.11. The lowest BCUT2D eigenvalue weighted by atomic mass is 10.3. The maximum Gasteiger partial charge on any atom is 0.244 e. The van der Waals surface area contributed by atoms with Gasteiger partial charge in [0.25, 0.3) is 0 Å². The fraction of sp³-hybridized carbons (Fsp3) is 0.625. The van der Waals surface area contributed by atoms with Crippen molar-refractivity contribution in [1.82, 2.24) is 4.57 Å². The van der Waals surface area contributed by atoms with Crippen molar-refractivity contribution in [2.24, 2.45) is 12.8 Å². The Morgan fingerprint density at radius 1 is 1.64 bits per heavy atom. The molecule has 0 saturated carbocycles. The molecule has 0 aliphatic heterocycles. The van der Waals surface area contributed by atoms with Crippen LogP contribution >= 0.6 is 0 Å². The third kappa shape index (κ3) is 2.05. The molecule has 11 heavy (non-hydrogen) atoms. The summed E-state index contributed by atoms with van der Waals surface area (Å²) in [4.78, 5) is 0. The quantitative estimate of drug-likeness (QED) is 0.635. The molecule has 0 amide bonds. The molecular formula is C8H16N3+. The SMILES string of the molecule is CCCC(N)n1cc[n+](C)c1.